The van der Waals surface area contributed by atoms with Gasteiger partial charge in [0.15, 0.2) is 11.5 Å². The molecule has 2 aliphatic heterocycles. The number of ether oxygens (including phenoxy) is 3. The van der Waals surface area contributed by atoms with Crippen LogP contribution in [-0.4, -0.2) is 18.5 Å². The van der Waals surface area contributed by atoms with Crippen LogP contribution < -0.4 is 9.47 Å². The lowest BCUT2D eigenvalue weighted by Crippen LogP contribution is -2.02. The average Bonchev–Trinajstić information content (AvgIpc) is 2.86. The minimum Gasteiger partial charge on any atom is -0.454 e. The predicted molar refractivity (Wildman–Crippen MR) is 83.5 cm³/mol. The maximum Gasteiger partial charge on any atom is 0.231 e. The first-order valence-corrected chi connectivity index (χ1v) is 7.46. The van der Waals surface area contributed by atoms with E-state index in [1.54, 1.807) is 0 Å². The molecule has 3 nitrogen and oxygen atoms in total. The molecule has 0 N–H and O–H groups in total. The van der Waals surface area contributed by atoms with Crippen molar-refractivity contribution in [2.24, 2.45) is 0 Å². The van der Waals surface area contributed by atoms with E-state index in [-0.39, 0.29) is 5.60 Å². The molecular formula is C18H22O3. The Labute approximate surface area is 126 Å². The molecular weight excluding hydrogens is 264 g/mol. The van der Waals surface area contributed by atoms with E-state index in [0.29, 0.717) is 12.9 Å². The molecule has 0 aromatic heterocycles. The first-order chi connectivity index (χ1) is 10.0. The summed E-state index contributed by atoms with van der Waals surface area (Å²) in [6, 6.07) is 5.99. The van der Waals surface area contributed by atoms with Crippen LogP contribution in [0.15, 0.2) is 35.9 Å². The molecule has 2 aliphatic rings. The molecule has 1 aromatic rings. The zero-order valence-corrected chi connectivity index (χ0v) is 12.9. The highest BCUT2D eigenvalue weighted by Gasteiger charge is 2.46. The fraction of sp³-hybridized carbons (Fsp3) is 0.444. The lowest BCUT2D eigenvalue weighted by molar-refractivity contribution is 0.174. The largest absolute Gasteiger partial charge is 0.454 e. The zero-order chi connectivity index (χ0) is 14.9. The van der Waals surface area contributed by atoms with Crippen LogP contribution in [0.3, 0.4) is 0 Å². The minimum absolute atomic E-state index is 0.0998. The number of fused-ring (bicyclic) bond motifs is 1. The third-order valence-corrected chi connectivity index (χ3v) is 4.03. The van der Waals surface area contributed by atoms with Gasteiger partial charge in [0, 0.05) is 0 Å². The van der Waals surface area contributed by atoms with Gasteiger partial charge in [0.25, 0.3) is 0 Å². The smallest absolute Gasteiger partial charge is 0.231 e. The molecule has 0 radical (unpaired) electrons. The van der Waals surface area contributed by atoms with Gasteiger partial charge >= 0.3 is 0 Å². The van der Waals surface area contributed by atoms with E-state index >= 15 is 0 Å². The molecule has 3 rings (SSSR count). The Morgan fingerprint density at radius 2 is 2.05 bits per heavy atom. The SMILES string of the molecule is C/C(=C\C=C\c1ccc2c(c1)OCO2)CCC1OC1(C)C. The van der Waals surface area contributed by atoms with Crippen molar-refractivity contribution >= 4 is 6.08 Å². The lowest BCUT2D eigenvalue weighted by atomic mass is 10.0. The molecule has 2 heterocycles. The molecule has 1 unspecified atom stereocenters. The fourth-order valence-corrected chi connectivity index (χ4v) is 2.52. The molecule has 1 fully saturated rings. The van der Waals surface area contributed by atoms with Crippen LogP contribution >= 0.6 is 0 Å². The van der Waals surface area contributed by atoms with Crippen molar-refractivity contribution in [2.75, 3.05) is 6.79 Å². The number of hydrogen-bond acceptors (Lipinski definition) is 3. The van der Waals surface area contributed by atoms with E-state index in [2.05, 4.69) is 39.0 Å². The van der Waals surface area contributed by atoms with Crippen LogP contribution in [-0.2, 0) is 4.74 Å². The third kappa shape index (κ3) is 3.48. The molecule has 21 heavy (non-hydrogen) atoms. The Morgan fingerprint density at radius 3 is 2.81 bits per heavy atom. The molecule has 0 saturated carbocycles. The summed E-state index contributed by atoms with van der Waals surface area (Å²) in [5, 5.41) is 0. The van der Waals surface area contributed by atoms with Crippen LogP contribution in [0.4, 0.5) is 0 Å². The van der Waals surface area contributed by atoms with Gasteiger partial charge in [-0.2, -0.15) is 0 Å². The molecule has 0 spiro atoms. The van der Waals surface area contributed by atoms with Crippen LogP contribution in [0.2, 0.25) is 0 Å². The van der Waals surface area contributed by atoms with Gasteiger partial charge in [0.1, 0.15) is 0 Å². The Balaban J connectivity index is 1.52. The van der Waals surface area contributed by atoms with Crippen molar-refractivity contribution < 1.29 is 14.2 Å². The van der Waals surface area contributed by atoms with Gasteiger partial charge in [-0.1, -0.05) is 29.9 Å². The minimum atomic E-state index is 0.0998. The lowest BCUT2D eigenvalue weighted by Gasteiger charge is -1.99. The molecule has 1 aromatic carbocycles. The number of benzene rings is 1. The van der Waals surface area contributed by atoms with Gasteiger partial charge in [-0.15, -0.1) is 0 Å². The van der Waals surface area contributed by atoms with Crippen molar-refractivity contribution in [3.8, 4) is 11.5 Å². The van der Waals surface area contributed by atoms with E-state index in [1.165, 1.54) is 5.57 Å². The van der Waals surface area contributed by atoms with Crippen molar-refractivity contribution in [1.29, 1.82) is 0 Å². The predicted octanol–water partition coefficient (Wildman–Crippen LogP) is 4.33. The second-order valence-corrected chi connectivity index (χ2v) is 6.23. The van der Waals surface area contributed by atoms with Crippen molar-refractivity contribution in [3.63, 3.8) is 0 Å². The van der Waals surface area contributed by atoms with Gasteiger partial charge in [-0.25, -0.2) is 0 Å². The van der Waals surface area contributed by atoms with Crippen molar-refractivity contribution in [3.05, 3.63) is 41.5 Å². The Bertz CT molecular complexity index is 584. The standard InChI is InChI=1S/C18H22O3/c1-13(7-10-17-18(2,3)21-17)5-4-6-14-8-9-15-16(11-14)20-12-19-15/h4-6,8-9,11,17H,7,10,12H2,1-3H3/b6-4+,13-5+. The maximum atomic E-state index is 5.60. The van der Waals surface area contributed by atoms with Crippen LogP contribution in [0.1, 0.15) is 39.2 Å². The van der Waals surface area contributed by atoms with Crippen molar-refractivity contribution in [2.45, 2.75) is 45.3 Å². The molecule has 112 valence electrons. The van der Waals surface area contributed by atoms with Gasteiger partial charge in [0.05, 0.1) is 11.7 Å². The van der Waals surface area contributed by atoms with Gasteiger partial charge < -0.3 is 14.2 Å². The summed E-state index contributed by atoms with van der Waals surface area (Å²) in [5.41, 5.74) is 2.59. The summed E-state index contributed by atoms with van der Waals surface area (Å²) < 4.78 is 16.3. The number of allylic oxidation sites excluding steroid dienone is 3. The van der Waals surface area contributed by atoms with Crippen LogP contribution in [0.25, 0.3) is 6.08 Å². The highest BCUT2D eigenvalue weighted by atomic mass is 16.7. The number of rotatable bonds is 5. The van der Waals surface area contributed by atoms with Gasteiger partial charge in [-0.05, 0) is 51.3 Å². The average molecular weight is 286 g/mol. The quantitative estimate of drug-likeness (QED) is 0.596. The molecule has 0 aliphatic carbocycles. The molecule has 3 heteroatoms. The maximum absolute atomic E-state index is 5.60. The number of epoxide rings is 1. The highest BCUT2D eigenvalue weighted by Crippen LogP contribution is 2.39. The summed E-state index contributed by atoms with van der Waals surface area (Å²) in [6.45, 7) is 6.78. The molecule has 1 saturated heterocycles. The second kappa shape index (κ2) is 5.57. The van der Waals surface area contributed by atoms with E-state index in [4.69, 9.17) is 14.2 Å². The normalized spacial score (nSPS) is 22.8. The fourth-order valence-electron chi connectivity index (χ4n) is 2.52. The molecule has 0 amide bonds. The summed E-state index contributed by atoms with van der Waals surface area (Å²) >= 11 is 0. The number of hydrogen-bond donors (Lipinski definition) is 0. The summed E-state index contributed by atoms with van der Waals surface area (Å²) in [6.07, 6.45) is 8.96. The van der Waals surface area contributed by atoms with Gasteiger partial charge in [-0.3, -0.25) is 0 Å². The summed E-state index contributed by atoms with van der Waals surface area (Å²) in [5.74, 6) is 1.65. The third-order valence-electron chi connectivity index (χ3n) is 4.03. The topological polar surface area (TPSA) is 31.0 Å². The van der Waals surface area contributed by atoms with Gasteiger partial charge in [0.2, 0.25) is 6.79 Å². The summed E-state index contributed by atoms with van der Waals surface area (Å²) in [4.78, 5) is 0. The Hall–Kier alpha value is -1.74. The monoisotopic (exact) mass is 286 g/mol. The Morgan fingerprint density at radius 1 is 1.29 bits per heavy atom. The summed E-state index contributed by atoms with van der Waals surface area (Å²) in [7, 11) is 0. The first kappa shape index (κ1) is 14.2. The van der Waals surface area contributed by atoms with E-state index < -0.39 is 0 Å². The van der Waals surface area contributed by atoms with E-state index in [1.807, 2.05) is 18.2 Å². The van der Waals surface area contributed by atoms with Crippen LogP contribution in [0, 0.1) is 0 Å². The van der Waals surface area contributed by atoms with Crippen LogP contribution in [0.5, 0.6) is 11.5 Å². The zero-order valence-electron chi connectivity index (χ0n) is 12.9. The Kier molecular flexibility index (Phi) is 3.77. The molecule has 0 bridgehead atoms. The second-order valence-electron chi connectivity index (χ2n) is 6.23. The molecule has 1 atom stereocenters. The van der Waals surface area contributed by atoms with Crippen molar-refractivity contribution in [1.82, 2.24) is 0 Å². The first-order valence-electron chi connectivity index (χ1n) is 7.46. The van der Waals surface area contributed by atoms with E-state index in [0.717, 1.165) is 29.9 Å². The van der Waals surface area contributed by atoms with E-state index in [9.17, 15) is 0 Å². The highest BCUT2D eigenvalue weighted by molar-refractivity contribution is 5.57.